The topological polar surface area (TPSA) is 84.9 Å². The Morgan fingerprint density at radius 2 is 1.75 bits per heavy atom. The van der Waals surface area contributed by atoms with Crippen molar-refractivity contribution in [3.8, 4) is 11.5 Å². The van der Waals surface area contributed by atoms with Crippen molar-refractivity contribution in [1.29, 1.82) is 0 Å². The van der Waals surface area contributed by atoms with Crippen LogP contribution in [-0.2, 0) is 21.4 Å². The Bertz CT molecular complexity index is 1230. The van der Waals surface area contributed by atoms with Crippen LogP contribution in [0.3, 0.4) is 0 Å². The number of hydrogen-bond donors (Lipinski definition) is 1. The SMILES string of the molecule is COc1ccc(S(=O)(=O)N2CC(C(=O)NCc3ccccc3C)Oc3ccccc32)cc1. The van der Waals surface area contributed by atoms with Crippen molar-refractivity contribution >= 4 is 21.6 Å². The lowest BCUT2D eigenvalue weighted by atomic mass is 10.1. The maximum atomic E-state index is 13.4. The molecule has 0 bridgehead atoms. The molecule has 0 saturated carbocycles. The zero-order chi connectivity index (χ0) is 22.7. The zero-order valence-electron chi connectivity index (χ0n) is 17.8. The lowest BCUT2D eigenvalue weighted by Crippen LogP contribution is -2.50. The normalized spacial score (nSPS) is 15.4. The summed E-state index contributed by atoms with van der Waals surface area (Å²) in [4.78, 5) is 13.0. The number of rotatable bonds is 6. The molecule has 1 unspecified atom stereocenters. The van der Waals surface area contributed by atoms with Crippen molar-refractivity contribution in [2.75, 3.05) is 18.0 Å². The maximum absolute atomic E-state index is 13.4. The first kappa shape index (κ1) is 21.7. The first-order valence-electron chi connectivity index (χ1n) is 10.1. The van der Waals surface area contributed by atoms with Crippen LogP contribution in [0.4, 0.5) is 5.69 Å². The number of anilines is 1. The third kappa shape index (κ3) is 4.27. The number of sulfonamides is 1. The quantitative estimate of drug-likeness (QED) is 0.621. The predicted molar refractivity (Wildman–Crippen MR) is 121 cm³/mol. The number of nitrogens with zero attached hydrogens (tertiary/aromatic N) is 1. The molecule has 8 heteroatoms. The number of methoxy groups -OCH3 is 1. The highest BCUT2D eigenvalue weighted by Crippen LogP contribution is 2.37. The van der Waals surface area contributed by atoms with E-state index in [9.17, 15) is 13.2 Å². The molecule has 7 nitrogen and oxygen atoms in total. The van der Waals surface area contributed by atoms with Crippen molar-refractivity contribution in [1.82, 2.24) is 5.32 Å². The van der Waals surface area contributed by atoms with Crippen molar-refractivity contribution < 1.29 is 22.7 Å². The highest BCUT2D eigenvalue weighted by Gasteiger charge is 2.37. The van der Waals surface area contributed by atoms with E-state index in [0.29, 0.717) is 23.7 Å². The first-order chi connectivity index (χ1) is 15.4. The fraction of sp³-hybridized carbons (Fsp3) is 0.208. The van der Waals surface area contributed by atoms with Gasteiger partial charge < -0.3 is 14.8 Å². The van der Waals surface area contributed by atoms with E-state index in [4.69, 9.17) is 9.47 Å². The number of carbonyl (C=O) groups is 1. The number of carbonyl (C=O) groups excluding carboxylic acids is 1. The van der Waals surface area contributed by atoms with Crippen LogP contribution in [0, 0.1) is 6.92 Å². The van der Waals surface area contributed by atoms with Gasteiger partial charge in [-0.25, -0.2) is 8.42 Å². The van der Waals surface area contributed by atoms with Gasteiger partial charge in [0.1, 0.15) is 11.5 Å². The minimum atomic E-state index is -3.92. The number of hydrogen-bond acceptors (Lipinski definition) is 5. The molecule has 0 aromatic heterocycles. The second-order valence-corrected chi connectivity index (χ2v) is 9.29. The van der Waals surface area contributed by atoms with E-state index in [1.165, 1.54) is 23.5 Å². The Labute approximate surface area is 187 Å². The van der Waals surface area contributed by atoms with Crippen LogP contribution >= 0.6 is 0 Å². The smallest absolute Gasteiger partial charge is 0.264 e. The Morgan fingerprint density at radius 1 is 1.06 bits per heavy atom. The summed E-state index contributed by atoms with van der Waals surface area (Å²) in [5, 5.41) is 2.87. The van der Waals surface area contributed by atoms with Gasteiger partial charge in [-0.3, -0.25) is 9.10 Å². The van der Waals surface area contributed by atoms with E-state index in [1.807, 2.05) is 31.2 Å². The van der Waals surface area contributed by atoms with Gasteiger partial charge in [-0.15, -0.1) is 0 Å². The molecule has 0 spiro atoms. The summed E-state index contributed by atoms with van der Waals surface area (Å²) in [5.74, 6) is 0.518. The third-order valence-corrected chi connectivity index (χ3v) is 7.18. The summed E-state index contributed by atoms with van der Waals surface area (Å²) >= 11 is 0. The maximum Gasteiger partial charge on any atom is 0.264 e. The number of fused-ring (bicyclic) bond motifs is 1. The Morgan fingerprint density at radius 3 is 2.47 bits per heavy atom. The van der Waals surface area contributed by atoms with Gasteiger partial charge in [0.05, 0.1) is 24.2 Å². The molecule has 32 heavy (non-hydrogen) atoms. The van der Waals surface area contributed by atoms with Gasteiger partial charge in [0, 0.05) is 6.54 Å². The summed E-state index contributed by atoms with van der Waals surface area (Å²) in [6, 6.07) is 20.7. The van der Waals surface area contributed by atoms with Gasteiger partial charge in [-0.2, -0.15) is 0 Å². The fourth-order valence-corrected chi connectivity index (χ4v) is 5.02. The molecule has 0 radical (unpaired) electrons. The summed E-state index contributed by atoms with van der Waals surface area (Å²) in [5.41, 5.74) is 2.44. The molecule has 166 valence electrons. The minimum Gasteiger partial charge on any atom is -0.497 e. The van der Waals surface area contributed by atoms with E-state index < -0.39 is 16.1 Å². The van der Waals surface area contributed by atoms with Crippen molar-refractivity contribution in [2.24, 2.45) is 0 Å². The van der Waals surface area contributed by atoms with Crippen LogP contribution in [0.5, 0.6) is 11.5 Å². The molecule has 1 aliphatic heterocycles. The van der Waals surface area contributed by atoms with Gasteiger partial charge >= 0.3 is 0 Å². The zero-order valence-corrected chi connectivity index (χ0v) is 18.6. The monoisotopic (exact) mass is 452 g/mol. The number of ether oxygens (including phenoxy) is 2. The van der Waals surface area contributed by atoms with Gasteiger partial charge in [0.2, 0.25) is 0 Å². The standard InChI is InChI=1S/C24H24N2O5S/c1-17-7-3-4-8-18(17)15-25-24(27)23-16-26(21-9-5-6-10-22(21)31-23)32(28,29)20-13-11-19(30-2)12-14-20/h3-14,23H,15-16H2,1-2H3,(H,25,27). The Balaban J connectivity index is 1.60. The van der Waals surface area contributed by atoms with E-state index >= 15 is 0 Å². The number of aryl methyl sites for hydroxylation is 1. The molecule has 1 N–H and O–H groups in total. The van der Waals surface area contributed by atoms with Crippen LogP contribution < -0.4 is 19.1 Å². The highest BCUT2D eigenvalue weighted by molar-refractivity contribution is 7.92. The Kier molecular flexibility index (Phi) is 6.05. The number of benzene rings is 3. The lowest BCUT2D eigenvalue weighted by Gasteiger charge is -2.34. The molecular formula is C24H24N2O5S. The lowest BCUT2D eigenvalue weighted by molar-refractivity contribution is -0.127. The summed E-state index contributed by atoms with van der Waals surface area (Å²) in [7, 11) is -2.41. The average molecular weight is 453 g/mol. The molecule has 3 aromatic rings. The molecule has 0 fully saturated rings. The predicted octanol–water partition coefficient (Wildman–Crippen LogP) is 3.28. The van der Waals surface area contributed by atoms with Crippen molar-refractivity contribution in [3.05, 3.63) is 83.9 Å². The molecule has 1 aliphatic rings. The molecule has 3 aromatic carbocycles. The second kappa shape index (κ2) is 8.92. The molecule has 0 saturated heterocycles. The van der Waals surface area contributed by atoms with Crippen molar-refractivity contribution in [2.45, 2.75) is 24.5 Å². The summed E-state index contributed by atoms with van der Waals surface area (Å²) in [6.07, 6.45) is -0.984. The van der Waals surface area contributed by atoms with E-state index in [0.717, 1.165) is 11.1 Å². The molecule has 0 aliphatic carbocycles. The van der Waals surface area contributed by atoms with E-state index in [1.54, 1.807) is 36.4 Å². The van der Waals surface area contributed by atoms with Gasteiger partial charge in [-0.05, 0) is 54.4 Å². The largest absolute Gasteiger partial charge is 0.497 e. The van der Waals surface area contributed by atoms with E-state index in [2.05, 4.69) is 5.32 Å². The van der Waals surface area contributed by atoms with Crippen LogP contribution in [0.25, 0.3) is 0 Å². The number of amides is 1. The molecule has 1 heterocycles. The summed E-state index contributed by atoms with van der Waals surface area (Å²) < 4.78 is 39.1. The van der Waals surface area contributed by atoms with Gasteiger partial charge in [0.15, 0.2) is 6.10 Å². The van der Waals surface area contributed by atoms with Crippen molar-refractivity contribution in [3.63, 3.8) is 0 Å². The molecule has 1 amide bonds. The average Bonchev–Trinajstić information content (AvgIpc) is 2.82. The number of nitrogens with one attached hydrogen (secondary N) is 1. The van der Waals surface area contributed by atoms with Gasteiger partial charge in [0.25, 0.3) is 15.9 Å². The molecule has 4 rings (SSSR count). The van der Waals surface area contributed by atoms with Crippen LogP contribution in [0.1, 0.15) is 11.1 Å². The fourth-order valence-electron chi connectivity index (χ4n) is 3.55. The van der Waals surface area contributed by atoms with Crippen LogP contribution in [0.2, 0.25) is 0 Å². The first-order valence-corrected chi connectivity index (χ1v) is 11.6. The minimum absolute atomic E-state index is 0.106. The highest BCUT2D eigenvalue weighted by atomic mass is 32.2. The van der Waals surface area contributed by atoms with Gasteiger partial charge in [-0.1, -0.05) is 36.4 Å². The number of para-hydroxylation sites is 2. The summed E-state index contributed by atoms with van der Waals surface area (Å²) in [6.45, 7) is 2.17. The third-order valence-electron chi connectivity index (χ3n) is 5.39. The van der Waals surface area contributed by atoms with Crippen LogP contribution in [-0.4, -0.2) is 34.1 Å². The second-order valence-electron chi connectivity index (χ2n) is 7.43. The Hall–Kier alpha value is -3.52. The van der Waals surface area contributed by atoms with E-state index in [-0.39, 0.29) is 17.3 Å². The molecular weight excluding hydrogens is 428 g/mol. The van der Waals surface area contributed by atoms with Crippen LogP contribution in [0.15, 0.2) is 77.7 Å². The molecule has 1 atom stereocenters.